The minimum Gasteiger partial charge on any atom is -0.294 e. The number of nitrogens with zero attached hydrogens (tertiary/aromatic N) is 1. The number of benzene rings is 1. The number of rotatable bonds is 6. The summed E-state index contributed by atoms with van der Waals surface area (Å²) in [4.78, 5) is 22.8. The molecule has 0 spiro atoms. The van der Waals surface area contributed by atoms with Gasteiger partial charge in [0.2, 0.25) is 6.54 Å². The third-order valence-corrected chi connectivity index (χ3v) is 3.15. The first kappa shape index (κ1) is 13.7. The van der Waals surface area contributed by atoms with Crippen LogP contribution in [0.15, 0.2) is 29.2 Å². The molecule has 1 aromatic rings. The van der Waals surface area contributed by atoms with Gasteiger partial charge in [-0.2, -0.15) is 0 Å². The molecule has 92 valence electrons. The van der Waals surface area contributed by atoms with Gasteiger partial charge in [0.05, 0.1) is 0 Å². The number of nitro groups is 1. The molecule has 0 saturated heterocycles. The van der Waals surface area contributed by atoms with Crippen LogP contribution in [0, 0.1) is 16.0 Å². The molecule has 0 amide bonds. The van der Waals surface area contributed by atoms with Crippen molar-refractivity contribution in [1.29, 1.82) is 0 Å². The van der Waals surface area contributed by atoms with E-state index in [4.69, 9.17) is 0 Å². The molecule has 0 fully saturated rings. The molecular weight excluding hydrogens is 238 g/mol. The van der Waals surface area contributed by atoms with Crippen molar-refractivity contribution in [2.24, 2.45) is 5.92 Å². The second kappa shape index (κ2) is 6.39. The molecule has 0 aliphatic carbocycles. The Hall–Kier alpha value is -1.36. The lowest BCUT2D eigenvalue weighted by molar-refractivity contribution is -0.487. The number of Topliss-reactive ketones (excluding diaryl/α,β-unsaturated/α-hetero) is 1. The van der Waals surface area contributed by atoms with Gasteiger partial charge in [0.1, 0.15) is 0 Å². The van der Waals surface area contributed by atoms with Gasteiger partial charge in [-0.3, -0.25) is 14.9 Å². The lowest BCUT2D eigenvalue weighted by Gasteiger charge is -2.06. The van der Waals surface area contributed by atoms with E-state index in [1.807, 2.05) is 18.4 Å². The molecular formula is C12H15NO3S. The number of carbonyl (C=O) groups excluding carboxylic acids is 1. The van der Waals surface area contributed by atoms with Crippen molar-refractivity contribution in [3.63, 3.8) is 0 Å². The number of hydrogen-bond acceptors (Lipinski definition) is 4. The predicted octanol–water partition coefficient (Wildman–Crippen LogP) is 2.89. The molecule has 1 aromatic carbocycles. The zero-order chi connectivity index (χ0) is 12.8. The fraction of sp³-hybridized carbons (Fsp3) is 0.417. The molecule has 0 aliphatic heterocycles. The van der Waals surface area contributed by atoms with Crippen molar-refractivity contribution < 1.29 is 9.72 Å². The minimum absolute atomic E-state index is 0.0352. The summed E-state index contributed by atoms with van der Waals surface area (Å²) in [6, 6.07) is 7.31. The molecule has 0 aromatic heterocycles. The average molecular weight is 253 g/mol. The smallest absolute Gasteiger partial charge is 0.206 e. The summed E-state index contributed by atoms with van der Waals surface area (Å²) in [6.07, 6.45) is 2.19. The van der Waals surface area contributed by atoms with Crippen LogP contribution in [-0.4, -0.2) is 23.5 Å². The molecule has 0 N–H and O–H groups in total. The zero-order valence-electron chi connectivity index (χ0n) is 9.88. The largest absolute Gasteiger partial charge is 0.294 e. The van der Waals surface area contributed by atoms with E-state index >= 15 is 0 Å². The first-order valence-electron chi connectivity index (χ1n) is 5.32. The fourth-order valence-corrected chi connectivity index (χ4v) is 1.94. The van der Waals surface area contributed by atoms with Gasteiger partial charge in [0.15, 0.2) is 5.78 Å². The number of hydrogen-bond donors (Lipinski definition) is 0. The molecule has 0 bridgehead atoms. The standard InChI is InChI=1S/C12H15NO3S/c1-9(8-13(15)16)7-12(14)10-3-5-11(17-2)6-4-10/h3-6,9H,7-8H2,1-2H3. The highest BCUT2D eigenvalue weighted by atomic mass is 32.2. The normalized spacial score (nSPS) is 12.1. The Morgan fingerprint density at radius 3 is 2.47 bits per heavy atom. The third kappa shape index (κ3) is 4.56. The molecule has 0 radical (unpaired) electrons. The second-order valence-electron chi connectivity index (χ2n) is 3.98. The lowest BCUT2D eigenvalue weighted by Crippen LogP contribution is -2.15. The average Bonchev–Trinajstić information content (AvgIpc) is 2.28. The second-order valence-corrected chi connectivity index (χ2v) is 4.86. The van der Waals surface area contributed by atoms with Crippen LogP contribution in [0.1, 0.15) is 23.7 Å². The van der Waals surface area contributed by atoms with Crippen molar-refractivity contribution in [2.45, 2.75) is 18.2 Å². The maximum Gasteiger partial charge on any atom is 0.206 e. The van der Waals surface area contributed by atoms with Gasteiger partial charge >= 0.3 is 0 Å². The van der Waals surface area contributed by atoms with Gasteiger partial charge in [-0.25, -0.2) is 0 Å². The molecule has 0 saturated carbocycles. The van der Waals surface area contributed by atoms with Crippen molar-refractivity contribution in [3.05, 3.63) is 39.9 Å². The molecule has 0 aliphatic rings. The van der Waals surface area contributed by atoms with E-state index in [1.165, 1.54) is 0 Å². The van der Waals surface area contributed by atoms with Crippen LogP contribution in [0.25, 0.3) is 0 Å². The lowest BCUT2D eigenvalue weighted by atomic mass is 10.00. The van der Waals surface area contributed by atoms with Gasteiger partial charge in [-0.15, -0.1) is 11.8 Å². The summed E-state index contributed by atoms with van der Waals surface area (Å²) in [7, 11) is 0. The molecule has 0 heterocycles. The molecule has 1 unspecified atom stereocenters. The maximum absolute atomic E-state index is 11.8. The highest BCUT2D eigenvalue weighted by molar-refractivity contribution is 7.98. The summed E-state index contributed by atoms with van der Waals surface area (Å²) >= 11 is 1.61. The van der Waals surface area contributed by atoms with Crippen LogP contribution in [0.5, 0.6) is 0 Å². The van der Waals surface area contributed by atoms with Crippen LogP contribution < -0.4 is 0 Å². The van der Waals surface area contributed by atoms with Crippen LogP contribution in [0.2, 0.25) is 0 Å². The van der Waals surface area contributed by atoms with Crippen molar-refractivity contribution in [3.8, 4) is 0 Å². The molecule has 1 atom stereocenters. The quantitative estimate of drug-likeness (QED) is 0.338. The number of carbonyl (C=O) groups is 1. The van der Waals surface area contributed by atoms with Crippen molar-refractivity contribution in [1.82, 2.24) is 0 Å². The number of thioether (sulfide) groups is 1. The van der Waals surface area contributed by atoms with E-state index in [2.05, 4.69) is 0 Å². The SMILES string of the molecule is CSc1ccc(C(=O)CC(C)C[N+](=O)[O-])cc1. The fourth-order valence-electron chi connectivity index (χ4n) is 1.53. The zero-order valence-corrected chi connectivity index (χ0v) is 10.7. The van der Waals surface area contributed by atoms with E-state index in [0.29, 0.717) is 5.56 Å². The molecule has 4 nitrogen and oxygen atoms in total. The van der Waals surface area contributed by atoms with Crippen LogP contribution in [0.4, 0.5) is 0 Å². The Morgan fingerprint density at radius 2 is 2.00 bits per heavy atom. The summed E-state index contributed by atoms with van der Waals surface area (Å²) < 4.78 is 0. The van der Waals surface area contributed by atoms with Gasteiger partial charge in [0, 0.05) is 27.7 Å². The highest BCUT2D eigenvalue weighted by Gasteiger charge is 2.15. The molecule has 5 heteroatoms. The van der Waals surface area contributed by atoms with Gasteiger partial charge in [0.25, 0.3) is 0 Å². The van der Waals surface area contributed by atoms with Crippen LogP contribution in [-0.2, 0) is 0 Å². The summed E-state index contributed by atoms with van der Waals surface area (Å²) in [5, 5.41) is 10.3. The van der Waals surface area contributed by atoms with Gasteiger partial charge in [-0.1, -0.05) is 19.1 Å². The predicted molar refractivity (Wildman–Crippen MR) is 68.2 cm³/mol. The summed E-state index contributed by atoms with van der Waals surface area (Å²) in [5.41, 5.74) is 0.623. The summed E-state index contributed by atoms with van der Waals surface area (Å²) in [5.74, 6) is -0.260. The Bertz CT molecular complexity index is 403. The van der Waals surface area contributed by atoms with E-state index in [0.717, 1.165) is 4.90 Å². The van der Waals surface area contributed by atoms with Gasteiger partial charge in [-0.05, 0) is 18.4 Å². The number of ketones is 1. The topological polar surface area (TPSA) is 60.2 Å². The highest BCUT2D eigenvalue weighted by Crippen LogP contribution is 2.17. The Kier molecular flexibility index (Phi) is 5.15. The first-order chi connectivity index (χ1) is 8.02. The van der Waals surface area contributed by atoms with Crippen molar-refractivity contribution in [2.75, 3.05) is 12.8 Å². The van der Waals surface area contributed by atoms with Crippen LogP contribution >= 0.6 is 11.8 Å². The third-order valence-electron chi connectivity index (χ3n) is 2.41. The Balaban J connectivity index is 2.60. The van der Waals surface area contributed by atoms with E-state index in [1.54, 1.807) is 30.8 Å². The van der Waals surface area contributed by atoms with E-state index < -0.39 is 0 Å². The van der Waals surface area contributed by atoms with Crippen LogP contribution in [0.3, 0.4) is 0 Å². The summed E-state index contributed by atoms with van der Waals surface area (Å²) in [6.45, 7) is 1.56. The first-order valence-corrected chi connectivity index (χ1v) is 6.54. The van der Waals surface area contributed by atoms with E-state index in [9.17, 15) is 14.9 Å². The minimum atomic E-state index is -0.380. The monoisotopic (exact) mass is 253 g/mol. The van der Waals surface area contributed by atoms with Crippen molar-refractivity contribution >= 4 is 17.5 Å². The Labute approximate surface area is 105 Å². The van der Waals surface area contributed by atoms with E-state index in [-0.39, 0.29) is 29.6 Å². The molecule has 1 rings (SSSR count). The maximum atomic E-state index is 11.8. The Morgan fingerprint density at radius 1 is 1.41 bits per heavy atom. The van der Waals surface area contributed by atoms with Gasteiger partial charge < -0.3 is 0 Å². The molecule has 17 heavy (non-hydrogen) atoms.